The number of piperidine rings is 1. The SMILES string of the molecule is CC1CCCN(c2nc3c(c(=O)[nH]c(=O)n3C)n2CCCSc2nc3ccccc3o2)C1. The third-order valence-corrected chi connectivity index (χ3v) is 6.87. The van der Waals surface area contributed by atoms with Crippen LogP contribution in [0.3, 0.4) is 0 Å². The van der Waals surface area contributed by atoms with Crippen molar-refractivity contribution in [3.63, 3.8) is 0 Å². The molecule has 1 aromatic carbocycles. The molecule has 32 heavy (non-hydrogen) atoms. The molecule has 1 N–H and O–H groups in total. The standard InChI is InChI=1S/C22H26N6O3S/c1-14-7-5-10-27(13-14)20-24-18-17(19(29)25-21(30)26(18)2)28(20)11-6-12-32-22-23-15-8-3-4-9-16(15)31-22/h3-4,8-9,14H,5-7,10-13H2,1-2H3,(H,25,29,30). The number of rotatable bonds is 6. The number of hydrogen-bond acceptors (Lipinski definition) is 7. The number of oxazole rings is 1. The Bertz CT molecular complexity index is 1350. The van der Waals surface area contributed by atoms with Gasteiger partial charge in [-0.3, -0.25) is 14.3 Å². The highest BCUT2D eigenvalue weighted by atomic mass is 32.2. The van der Waals surface area contributed by atoms with Crippen LogP contribution in [0.2, 0.25) is 0 Å². The smallest absolute Gasteiger partial charge is 0.329 e. The molecule has 1 unspecified atom stereocenters. The van der Waals surface area contributed by atoms with E-state index in [1.807, 2.05) is 28.8 Å². The van der Waals surface area contributed by atoms with E-state index < -0.39 is 11.2 Å². The topological polar surface area (TPSA) is 102 Å². The Kier molecular flexibility index (Phi) is 5.54. The summed E-state index contributed by atoms with van der Waals surface area (Å²) >= 11 is 1.56. The molecule has 4 aromatic rings. The first-order valence-corrected chi connectivity index (χ1v) is 11.9. The molecule has 168 valence electrons. The molecular formula is C22H26N6O3S. The zero-order valence-electron chi connectivity index (χ0n) is 18.2. The number of nitrogens with zero attached hydrogens (tertiary/aromatic N) is 5. The number of aryl methyl sites for hydroxylation is 2. The van der Waals surface area contributed by atoms with E-state index in [0.717, 1.165) is 48.7 Å². The van der Waals surface area contributed by atoms with Gasteiger partial charge in [0.1, 0.15) is 5.52 Å². The molecule has 3 aromatic heterocycles. The molecule has 9 nitrogen and oxygen atoms in total. The second-order valence-corrected chi connectivity index (χ2v) is 9.44. The average Bonchev–Trinajstić information content (AvgIpc) is 3.37. The van der Waals surface area contributed by atoms with E-state index >= 15 is 0 Å². The highest BCUT2D eigenvalue weighted by molar-refractivity contribution is 7.99. The van der Waals surface area contributed by atoms with Gasteiger partial charge in [-0.2, -0.15) is 4.98 Å². The summed E-state index contributed by atoms with van der Waals surface area (Å²) in [5.41, 5.74) is 1.68. The molecule has 0 amide bonds. The van der Waals surface area contributed by atoms with Crippen LogP contribution in [0.15, 0.2) is 43.5 Å². The maximum Gasteiger partial charge on any atom is 0.329 e. The largest absolute Gasteiger partial charge is 0.431 e. The fourth-order valence-corrected chi connectivity index (χ4v) is 5.10. The fraction of sp³-hybridized carbons (Fsp3) is 0.455. The molecule has 1 fully saturated rings. The Labute approximate surface area is 188 Å². The summed E-state index contributed by atoms with van der Waals surface area (Å²) in [7, 11) is 1.64. The summed E-state index contributed by atoms with van der Waals surface area (Å²) in [5.74, 6) is 2.12. The minimum absolute atomic E-state index is 0.390. The number of aromatic amines is 1. The normalized spacial score (nSPS) is 16.9. The highest BCUT2D eigenvalue weighted by Gasteiger charge is 2.24. The first-order valence-electron chi connectivity index (χ1n) is 10.9. The van der Waals surface area contributed by atoms with Crippen LogP contribution in [0.1, 0.15) is 26.2 Å². The highest BCUT2D eigenvalue weighted by Crippen LogP contribution is 2.27. The predicted molar refractivity (Wildman–Crippen MR) is 126 cm³/mol. The van der Waals surface area contributed by atoms with E-state index in [-0.39, 0.29) is 0 Å². The predicted octanol–water partition coefficient (Wildman–Crippen LogP) is 2.98. The molecule has 1 saturated heterocycles. The number of aromatic nitrogens is 5. The van der Waals surface area contributed by atoms with Crippen molar-refractivity contribution in [1.29, 1.82) is 0 Å². The van der Waals surface area contributed by atoms with Crippen molar-refractivity contribution >= 4 is 40.0 Å². The van der Waals surface area contributed by atoms with Gasteiger partial charge in [0.15, 0.2) is 16.7 Å². The van der Waals surface area contributed by atoms with Crippen molar-refractivity contribution in [2.75, 3.05) is 23.7 Å². The van der Waals surface area contributed by atoms with Crippen molar-refractivity contribution in [3.05, 3.63) is 45.1 Å². The number of para-hydroxylation sites is 2. The number of anilines is 1. The van der Waals surface area contributed by atoms with Gasteiger partial charge in [-0.25, -0.2) is 9.78 Å². The van der Waals surface area contributed by atoms with Crippen molar-refractivity contribution in [1.82, 2.24) is 24.1 Å². The number of H-pyrrole nitrogens is 1. The Morgan fingerprint density at radius 1 is 1.25 bits per heavy atom. The second kappa shape index (κ2) is 8.50. The molecule has 1 aliphatic heterocycles. The number of nitrogens with one attached hydrogen (secondary N) is 1. The molecule has 0 spiro atoms. The van der Waals surface area contributed by atoms with Crippen LogP contribution in [0.25, 0.3) is 22.3 Å². The number of thioether (sulfide) groups is 1. The quantitative estimate of drug-likeness (QED) is 0.353. The molecule has 4 heterocycles. The zero-order valence-corrected chi connectivity index (χ0v) is 19.0. The summed E-state index contributed by atoms with van der Waals surface area (Å²) in [6.45, 7) is 4.65. The van der Waals surface area contributed by atoms with Gasteiger partial charge in [0.2, 0.25) is 5.95 Å². The van der Waals surface area contributed by atoms with Crippen LogP contribution in [0, 0.1) is 5.92 Å². The number of hydrogen-bond donors (Lipinski definition) is 1. The van der Waals surface area contributed by atoms with Gasteiger partial charge in [-0.1, -0.05) is 30.8 Å². The maximum atomic E-state index is 12.7. The lowest BCUT2D eigenvalue weighted by Crippen LogP contribution is -2.36. The van der Waals surface area contributed by atoms with Gasteiger partial charge >= 0.3 is 5.69 Å². The third kappa shape index (κ3) is 3.83. The van der Waals surface area contributed by atoms with Gasteiger partial charge in [-0.15, -0.1) is 0 Å². The summed E-state index contributed by atoms with van der Waals surface area (Å²) < 4.78 is 9.17. The molecule has 1 aliphatic rings. The first kappa shape index (κ1) is 20.9. The summed E-state index contributed by atoms with van der Waals surface area (Å²) in [5, 5.41) is 0.645. The molecule has 0 radical (unpaired) electrons. The van der Waals surface area contributed by atoms with Crippen molar-refractivity contribution in [3.8, 4) is 0 Å². The van der Waals surface area contributed by atoms with Gasteiger partial charge in [0.25, 0.3) is 10.8 Å². The van der Waals surface area contributed by atoms with Crippen LogP contribution in [0.5, 0.6) is 0 Å². The summed E-state index contributed by atoms with van der Waals surface area (Å²) in [4.78, 5) is 38.7. The lowest BCUT2D eigenvalue weighted by Gasteiger charge is -2.32. The van der Waals surface area contributed by atoms with Gasteiger partial charge < -0.3 is 13.9 Å². The van der Waals surface area contributed by atoms with E-state index in [4.69, 9.17) is 9.40 Å². The van der Waals surface area contributed by atoms with Crippen LogP contribution in [-0.2, 0) is 13.6 Å². The van der Waals surface area contributed by atoms with Crippen LogP contribution < -0.4 is 16.1 Å². The van der Waals surface area contributed by atoms with Crippen LogP contribution in [-0.4, -0.2) is 42.9 Å². The van der Waals surface area contributed by atoms with E-state index in [0.29, 0.717) is 28.8 Å². The zero-order chi connectivity index (χ0) is 22.2. The Balaban J connectivity index is 1.41. The molecule has 5 rings (SSSR count). The van der Waals surface area contributed by atoms with Gasteiger partial charge in [0, 0.05) is 32.4 Å². The van der Waals surface area contributed by atoms with Gasteiger partial charge in [0.05, 0.1) is 0 Å². The van der Waals surface area contributed by atoms with E-state index in [1.165, 1.54) is 11.0 Å². The summed E-state index contributed by atoms with van der Waals surface area (Å²) in [6.07, 6.45) is 3.08. The molecular weight excluding hydrogens is 428 g/mol. The van der Waals surface area contributed by atoms with E-state index in [9.17, 15) is 9.59 Å². The number of benzene rings is 1. The fourth-order valence-electron chi connectivity index (χ4n) is 4.34. The Hall–Kier alpha value is -3.01. The lowest BCUT2D eigenvalue weighted by atomic mass is 10.0. The summed E-state index contributed by atoms with van der Waals surface area (Å²) in [6, 6.07) is 7.71. The second-order valence-electron chi connectivity index (χ2n) is 8.40. The Morgan fingerprint density at radius 3 is 2.91 bits per heavy atom. The van der Waals surface area contributed by atoms with Crippen LogP contribution >= 0.6 is 11.8 Å². The first-order chi connectivity index (χ1) is 15.5. The number of imidazole rings is 1. The molecule has 0 saturated carbocycles. The van der Waals surface area contributed by atoms with Crippen LogP contribution in [0.4, 0.5) is 5.95 Å². The maximum absolute atomic E-state index is 12.7. The molecule has 0 bridgehead atoms. The van der Waals surface area contributed by atoms with Crippen molar-refractivity contribution < 1.29 is 4.42 Å². The lowest BCUT2D eigenvalue weighted by molar-refractivity contribution is 0.437. The third-order valence-electron chi connectivity index (χ3n) is 5.95. The minimum Gasteiger partial charge on any atom is -0.431 e. The minimum atomic E-state index is -0.447. The Morgan fingerprint density at radius 2 is 2.09 bits per heavy atom. The van der Waals surface area contributed by atoms with Crippen molar-refractivity contribution in [2.45, 2.75) is 38.0 Å². The van der Waals surface area contributed by atoms with Gasteiger partial charge in [-0.05, 0) is 37.3 Å². The molecule has 0 aliphatic carbocycles. The molecule has 10 heteroatoms. The van der Waals surface area contributed by atoms with E-state index in [1.54, 1.807) is 18.8 Å². The van der Waals surface area contributed by atoms with E-state index in [2.05, 4.69) is 21.8 Å². The average molecular weight is 455 g/mol. The number of fused-ring (bicyclic) bond motifs is 2. The van der Waals surface area contributed by atoms with Crippen molar-refractivity contribution in [2.24, 2.45) is 13.0 Å². The monoisotopic (exact) mass is 454 g/mol. The molecule has 1 atom stereocenters.